The van der Waals surface area contributed by atoms with Crippen LogP contribution in [0, 0.1) is 0 Å². The average Bonchev–Trinajstić information content (AvgIpc) is 3.22. The molecule has 140 valence electrons. The molecule has 0 aliphatic carbocycles. The molecule has 0 radical (unpaired) electrons. The van der Waals surface area contributed by atoms with Crippen LogP contribution < -0.4 is 0 Å². The van der Waals surface area contributed by atoms with Crippen molar-refractivity contribution in [2.75, 3.05) is 26.7 Å². The van der Waals surface area contributed by atoms with Gasteiger partial charge in [-0.05, 0) is 12.0 Å². The van der Waals surface area contributed by atoms with Gasteiger partial charge in [-0.3, -0.25) is 9.69 Å². The van der Waals surface area contributed by atoms with Crippen LogP contribution in [0.4, 0.5) is 0 Å². The first-order valence-electron chi connectivity index (χ1n) is 9.06. The molecule has 26 heavy (non-hydrogen) atoms. The zero-order valence-electron chi connectivity index (χ0n) is 15.7. The summed E-state index contributed by atoms with van der Waals surface area (Å²) in [4.78, 5) is 21.5. The molecule has 0 bridgehead atoms. The Morgan fingerprint density at radius 2 is 2.12 bits per heavy atom. The Bertz CT molecular complexity index is 747. The predicted octanol–water partition coefficient (Wildman–Crippen LogP) is 2.98. The fraction of sp³-hybridized carbons (Fsp3) is 0.500. The number of carbonyl (C=O) groups excluding carboxylic acids is 1. The normalized spacial score (nSPS) is 20.7. The van der Waals surface area contributed by atoms with E-state index in [0.29, 0.717) is 30.3 Å². The lowest BCUT2D eigenvalue weighted by Gasteiger charge is -2.29. The Morgan fingerprint density at radius 1 is 1.38 bits per heavy atom. The van der Waals surface area contributed by atoms with Crippen LogP contribution in [0.3, 0.4) is 0 Å². The largest absolute Gasteiger partial charge is 0.387 e. The zero-order chi connectivity index (χ0) is 18.7. The standard InChI is InChI=1S/C20H27N3O2S/c1-15(2)18-21-11-17(26-18)19(24)22(3)13-20(25)9-10-23(14-20)12-16-7-5-4-6-8-16/h4-8,11,15,25H,9-10,12-14H2,1-3H3. The number of likely N-dealkylation sites (tertiary alicyclic amines) is 1. The molecular formula is C20H27N3O2S. The van der Waals surface area contributed by atoms with Gasteiger partial charge < -0.3 is 10.0 Å². The molecule has 0 spiro atoms. The number of benzene rings is 1. The van der Waals surface area contributed by atoms with Gasteiger partial charge in [0.2, 0.25) is 0 Å². The Morgan fingerprint density at radius 3 is 2.77 bits per heavy atom. The highest BCUT2D eigenvalue weighted by atomic mass is 32.1. The summed E-state index contributed by atoms with van der Waals surface area (Å²) in [6, 6.07) is 10.3. The van der Waals surface area contributed by atoms with Gasteiger partial charge in [0.05, 0.1) is 23.4 Å². The topological polar surface area (TPSA) is 56.7 Å². The lowest BCUT2D eigenvalue weighted by molar-refractivity contribution is 0.0172. The highest BCUT2D eigenvalue weighted by Crippen LogP contribution is 2.26. The number of thiazole rings is 1. The molecule has 1 aromatic heterocycles. The summed E-state index contributed by atoms with van der Waals surface area (Å²) in [5.74, 6) is 0.252. The van der Waals surface area contributed by atoms with Crippen LogP contribution in [-0.4, -0.2) is 58.1 Å². The van der Waals surface area contributed by atoms with Gasteiger partial charge in [0.1, 0.15) is 4.88 Å². The first-order valence-corrected chi connectivity index (χ1v) is 9.88. The number of likely N-dealkylation sites (N-methyl/N-ethyl adjacent to an activating group) is 1. The highest BCUT2D eigenvalue weighted by molar-refractivity contribution is 7.13. The lowest BCUT2D eigenvalue weighted by atomic mass is 10.0. The van der Waals surface area contributed by atoms with Gasteiger partial charge in [0, 0.05) is 32.6 Å². The SMILES string of the molecule is CC(C)c1ncc(C(=O)N(C)CC2(O)CCN(Cc3ccccc3)C2)s1. The number of rotatable bonds is 6. The van der Waals surface area contributed by atoms with Crippen LogP contribution >= 0.6 is 11.3 Å². The van der Waals surface area contributed by atoms with E-state index in [1.807, 2.05) is 18.2 Å². The van der Waals surface area contributed by atoms with Gasteiger partial charge in [0.15, 0.2) is 0 Å². The number of aromatic nitrogens is 1. The summed E-state index contributed by atoms with van der Waals surface area (Å²) in [6.07, 6.45) is 2.33. The summed E-state index contributed by atoms with van der Waals surface area (Å²) in [7, 11) is 1.76. The second kappa shape index (κ2) is 7.86. The molecule has 1 fully saturated rings. The summed E-state index contributed by atoms with van der Waals surface area (Å²) in [5.41, 5.74) is 0.386. The molecule has 1 aliphatic heterocycles. The van der Waals surface area contributed by atoms with Crippen LogP contribution in [0.1, 0.15) is 46.4 Å². The number of amides is 1. The number of nitrogens with zero attached hydrogens (tertiary/aromatic N) is 3. The number of β-amino-alcohol motifs (C(OH)–C–C–N with tert-alkyl or cyclic N) is 1. The van der Waals surface area contributed by atoms with Gasteiger partial charge in [-0.25, -0.2) is 4.98 Å². The Balaban J connectivity index is 1.58. The van der Waals surface area contributed by atoms with Crippen LogP contribution in [0.5, 0.6) is 0 Å². The summed E-state index contributed by atoms with van der Waals surface area (Å²) in [5, 5.41) is 11.9. The van der Waals surface area contributed by atoms with Crippen molar-refractivity contribution in [1.82, 2.24) is 14.8 Å². The lowest BCUT2D eigenvalue weighted by Crippen LogP contribution is -2.45. The van der Waals surface area contributed by atoms with Crippen molar-refractivity contribution in [2.24, 2.45) is 0 Å². The van der Waals surface area contributed by atoms with Crippen molar-refractivity contribution in [2.45, 2.75) is 38.3 Å². The third-order valence-corrected chi connectivity index (χ3v) is 6.05. The van der Waals surface area contributed by atoms with E-state index in [1.165, 1.54) is 16.9 Å². The molecule has 0 saturated carbocycles. The highest BCUT2D eigenvalue weighted by Gasteiger charge is 2.38. The maximum atomic E-state index is 12.7. The predicted molar refractivity (Wildman–Crippen MR) is 104 cm³/mol. The molecule has 1 saturated heterocycles. The van der Waals surface area contributed by atoms with E-state index in [-0.39, 0.29) is 5.91 Å². The van der Waals surface area contributed by atoms with E-state index in [1.54, 1.807) is 18.1 Å². The minimum absolute atomic E-state index is 0.0654. The second-order valence-corrected chi connectivity index (χ2v) is 8.61. The molecule has 1 aromatic carbocycles. The quantitative estimate of drug-likeness (QED) is 0.846. The molecule has 6 heteroatoms. The van der Waals surface area contributed by atoms with Crippen molar-refractivity contribution in [1.29, 1.82) is 0 Å². The van der Waals surface area contributed by atoms with Gasteiger partial charge >= 0.3 is 0 Å². The molecule has 3 rings (SSSR count). The second-order valence-electron chi connectivity index (χ2n) is 7.55. The fourth-order valence-corrected chi connectivity index (χ4v) is 4.32. The summed E-state index contributed by atoms with van der Waals surface area (Å²) in [6.45, 7) is 6.73. The minimum Gasteiger partial charge on any atom is -0.387 e. The Hall–Kier alpha value is -1.76. The van der Waals surface area contributed by atoms with Gasteiger partial charge in [-0.1, -0.05) is 44.2 Å². The third kappa shape index (κ3) is 4.50. The molecule has 5 nitrogen and oxygen atoms in total. The van der Waals surface area contributed by atoms with E-state index in [2.05, 4.69) is 35.9 Å². The summed E-state index contributed by atoms with van der Waals surface area (Å²) < 4.78 is 0. The average molecular weight is 374 g/mol. The fourth-order valence-electron chi connectivity index (χ4n) is 3.40. The van der Waals surface area contributed by atoms with E-state index in [0.717, 1.165) is 18.1 Å². The minimum atomic E-state index is -0.856. The maximum absolute atomic E-state index is 12.7. The van der Waals surface area contributed by atoms with Crippen molar-refractivity contribution in [3.05, 3.63) is 52.0 Å². The number of hydrogen-bond acceptors (Lipinski definition) is 5. The molecule has 1 atom stereocenters. The van der Waals surface area contributed by atoms with E-state index < -0.39 is 5.60 Å². The van der Waals surface area contributed by atoms with Crippen LogP contribution in [-0.2, 0) is 6.54 Å². The molecule has 1 amide bonds. The van der Waals surface area contributed by atoms with E-state index >= 15 is 0 Å². The molecule has 1 N–H and O–H groups in total. The first kappa shape index (κ1) is 19.0. The van der Waals surface area contributed by atoms with Gasteiger partial charge in [-0.15, -0.1) is 11.3 Å². The number of hydrogen-bond donors (Lipinski definition) is 1. The molecule has 2 aromatic rings. The van der Waals surface area contributed by atoms with Crippen molar-refractivity contribution in [3.8, 4) is 0 Å². The molecular weight excluding hydrogens is 346 g/mol. The van der Waals surface area contributed by atoms with E-state index in [4.69, 9.17) is 0 Å². The summed E-state index contributed by atoms with van der Waals surface area (Å²) >= 11 is 1.44. The van der Waals surface area contributed by atoms with Crippen LogP contribution in [0.2, 0.25) is 0 Å². The van der Waals surface area contributed by atoms with Gasteiger partial charge in [0.25, 0.3) is 5.91 Å². The number of carbonyl (C=O) groups is 1. The van der Waals surface area contributed by atoms with Crippen molar-refractivity contribution in [3.63, 3.8) is 0 Å². The van der Waals surface area contributed by atoms with Crippen molar-refractivity contribution >= 4 is 17.2 Å². The monoisotopic (exact) mass is 373 g/mol. The zero-order valence-corrected chi connectivity index (χ0v) is 16.5. The molecule has 1 aliphatic rings. The first-order chi connectivity index (χ1) is 12.4. The Kier molecular flexibility index (Phi) is 5.75. The third-order valence-electron chi connectivity index (χ3n) is 4.77. The number of aliphatic hydroxyl groups is 1. The molecule has 2 heterocycles. The maximum Gasteiger partial charge on any atom is 0.265 e. The van der Waals surface area contributed by atoms with Crippen LogP contribution in [0.25, 0.3) is 0 Å². The molecule has 1 unspecified atom stereocenters. The smallest absolute Gasteiger partial charge is 0.265 e. The van der Waals surface area contributed by atoms with Crippen LogP contribution in [0.15, 0.2) is 36.5 Å². The van der Waals surface area contributed by atoms with E-state index in [9.17, 15) is 9.90 Å². The van der Waals surface area contributed by atoms with Gasteiger partial charge in [-0.2, -0.15) is 0 Å². The van der Waals surface area contributed by atoms with Crippen molar-refractivity contribution < 1.29 is 9.90 Å². The Labute approximate surface area is 159 Å².